The minimum absolute atomic E-state index is 0.123. The highest BCUT2D eigenvalue weighted by molar-refractivity contribution is 9.09. The molecule has 0 aromatic heterocycles. The van der Waals surface area contributed by atoms with Crippen molar-refractivity contribution in [3.63, 3.8) is 0 Å². The van der Waals surface area contributed by atoms with E-state index in [0.29, 0.717) is 24.5 Å². The Kier molecular flexibility index (Phi) is 6.17. The Morgan fingerprint density at radius 1 is 1.12 bits per heavy atom. The van der Waals surface area contributed by atoms with E-state index in [1.807, 2.05) is 56.3 Å². The van der Waals surface area contributed by atoms with Gasteiger partial charge >= 0.3 is 0 Å². The quantitative estimate of drug-likeness (QED) is 0.669. The van der Waals surface area contributed by atoms with Gasteiger partial charge in [-0.2, -0.15) is 4.31 Å². The first kappa shape index (κ1) is 19.5. The summed E-state index contributed by atoms with van der Waals surface area (Å²) in [5, 5.41) is 0. The van der Waals surface area contributed by atoms with E-state index >= 15 is 0 Å². The summed E-state index contributed by atoms with van der Waals surface area (Å²) in [6.07, 6.45) is 0.523. The van der Waals surface area contributed by atoms with Crippen molar-refractivity contribution in [3.8, 4) is 0 Å². The molecule has 3 rings (SSSR count). The smallest absolute Gasteiger partial charge is 0.243 e. The number of rotatable bonds is 4. The fraction of sp³-hybridized carbons (Fsp3) is 0.400. The molecule has 0 bridgehead atoms. The number of sulfonamides is 1. The minimum atomic E-state index is -3.58. The highest BCUT2D eigenvalue weighted by atomic mass is 79.9. The maximum Gasteiger partial charge on any atom is 0.243 e. The normalized spacial score (nSPS) is 25.0. The van der Waals surface area contributed by atoms with Gasteiger partial charge in [0.15, 0.2) is 0 Å². The van der Waals surface area contributed by atoms with E-state index in [2.05, 4.69) is 15.9 Å². The molecular weight excluding hydrogens is 414 g/mol. The molecular formula is C20H24BrNO3S. The average molecular weight is 438 g/mol. The zero-order chi connectivity index (χ0) is 18.7. The number of hydrogen-bond acceptors (Lipinski definition) is 3. The number of nitrogens with zero attached hydrogens (tertiary/aromatic N) is 1. The Labute approximate surface area is 164 Å². The second-order valence-corrected chi connectivity index (χ2v) is 9.70. The fourth-order valence-corrected chi connectivity index (χ4v) is 5.90. The predicted octanol–water partition coefficient (Wildman–Crippen LogP) is 4.30. The molecule has 3 atom stereocenters. The first-order chi connectivity index (χ1) is 12.4. The lowest BCUT2D eigenvalue weighted by atomic mass is 10.1. The second-order valence-electron chi connectivity index (χ2n) is 6.63. The van der Waals surface area contributed by atoms with Crippen molar-refractivity contribution in [3.05, 3.63) is 65.7 Å². The fourth-order valence-electron chi connectivity index (χ4n) is 3.23. The van der Waals surface area contributed by atoms with Crippen molar-refractivity contribution in [1.29, 1.82) is 0 Å². The lowest BCUT2D eigenvalue weighted by molar-refractivity contribution is 0.0500. The molecule has 140 valence electrons. The zero-order valence-electron chi connectivity index (χ0n) is 15.0. The molecule has 2 aromatic carbocycles. The van der Waals surface area contributed by atoms with E-state index in [-0.39, 0.29) is 17.0 Å². The summed E-state index contributed by atoms with van der Waals surface area (Å²) in [6.45, 7) is 4.69. The van der Waals surface area contributed by atoms with Crippen LogP contribution in [0.15, 0.2) is 59.5 Å². The Morgan fingerprint density at radius 3 is 2.38 bits per heavy atom. The van der Waals surface area contributed by atoms with Crippen LogP contribution in [0.5, 0.6) is 0 Å². The summed E-state index contributed by atoms with van der Waals surface area (Å²) in [7, 11) is -3.58. The van der Waals surface area contributed by atoms with Gasteiger partial charge in [0.2, 0.25) is 10.0 Å². The number of halogens is 1. The first-order valence-electron chi connectivity index (χ1n) is 8.82. The van der Waals surface area contributed by atoms with Crippen molar-refractivity contribution in [2.75, 3.05) is 13.2 Å². The van der Waals surface area contributed by atoms with E-state index in [0.717, 1.165) is 11.1 Å². The van der Waals surface area contributed by atoms with E-state index in [1.165, 1.54) is 0 Å². The van der Waals surface area contributed by atoms with Crippen LogP contribution < -0.4 is 0 Å². The van der Waals surface area contributed by atoms with Crippen LogP contribution in [0.1, 0.15) is 30.6 Å². The lowest BCUT2D eigenvalue weighted by Gasteiger charge is -2.28. The third-order valence-corrected chi connectivity index (χ3v) is 7.49. The maximum atomic E-state index is 13.3. The molecule has 1 aliphatic rings. The van der Waals surface area contributed by atoms with E-state index in [4.69, 9.17) is 4.74 Å². The minimum Gasteiger partial charge on any atom is -0.371 e. The van der Waals surface area contributed by atoms with Gasteiger partial charge in [-0.05, 0) is 31.0 Å². The zero-order valence-corrected chi connectivity index (χ0v) is 17.4. The molecule has 2 aromatic rings. The number of ether oxygens (including phenoxy) is 1. The van der Waals surface area contributed by atoms with Crippen LogP contribution in [0.3, 0.4) is 0 Å². The second kappa shape index (κ2) is 8.21. The Balaban J connectivity index is 1.92. The third-order valence-electron chi connectivity index (χ3n) is 4.79. The molecule has 1 heterocycles. The summed E-state index contributed by atoms with van der Waals surface area (Å²) in [6, 6.07) is 16.8. The average Bonchev–Trinajstić information content (AvgIpc) is 2.82. The molecule has 1 saturated heterocycles. The lowest BCUT2D eigenvalue weighted by Crippen LogP contribution is -2.43. The third kappa shape index (κ3) is 4.03. The molecule has 4 nitrogen and oxygen atoms in total. The van der Waals surface area contributed by atoms with Crippen molar-refractivity contribution in [2.45, 2.75) is 42.1 Å². The molecule has 0 radical (unpaired) electrons. The molecule has 6 heteroatoms. The summed E-state index contributed by atoms with van der Waals surface area (Å²) >= 11 is 3.68. The van der Waals surface area contributed by atoms with Crippen LogP contribution in [0.25, 0.3) is 0 Å². The molecule has 1 fully saturated rings. The summed E-state index contributed by atoms with van der Waals surface area (Å²) in [4.78, 5) is 0.209. The van der Waals surface area contributed by atoms with Gasteiger partial charge in [-0.25, -0.2) is 8.42 Å². The Morgan fingerprint density at radius 2 is 1.77 bits per heavy atom. The van der Waals surface area contributed by atoms with Crippen molar-refractivity contribution < 1.29 is 13.2 Å². The van der Waals surface area contributed by atoms with Gasteiger partial charge in [-0.3, -0.25) is 0 Å². The van der Waals surface area contributed by atoms with Crippen LogP contribution in [0, 0.1) is 6.92 Å². The summed E-state index contributed by atoms with van der Waals surface area (Å²) in [5.41, 5.74) is 2.09. The van der Waals surface area contributed by atoms with Crippen LogP contribution in [0.4, 0.5) is 0 Å². The first-order valence-corrected chi connectivity index (χ1v) is 11.2. The van der Waals surface area contributed by atoms with Gasteiger partial charge in [0, 0.05) is 12.6 Å². The van der Waals surface area contributed by atoms with Gasteiger partial charge in [-0.15, -0.1) is 0 Å². The number of hydrogen-bond donors (Lipinski definition) is 0. The molecule has 0 amide bonds. The highest BCUT2D eigenvalue weighted by Crippen LogP contribution is 2.33. The van der Waals surface area contributed by atoms with Gasteiger partial charge in [0.25, 0.3) is 0 Å². The molecule has 1 aliphatic heterocycles. The van der Waals surface area contributed by atoms with Gasteiger partial charge in [-0.1, -0.05) is 70.9 Å². The SMILES string of the molecule is CC[C@@H]1CO[C@@H](c2ccccc2)[C@H](Br)CN1S(=O)(=O)c1ccc(C)cc1. The number of benzene rings is 2. The van der Waals surface area contributed by atoms with Gasteiger partial charge < -0.3 is 4.74 Å². The van der Waals surface area contributed by atoms with Gasteiger partial charge in [0.1, 0.15) is 0 Å². The Hall–Kier alpha value is -1.21. The maximum absolute atomic E-state index is 13.3. The molecule has 0 N–H and O–H groups in total. The molecule has 0 unspecified atom stereocenters. The summed E-state index contributed by atoms with van der Waals surface area (Å²) in [5.74, 6) is 0. The van der Waals surface area contributed by atoms with Crippen molar-refractivity contribution in [2.24, 2.45) is 0 Å². The van der Waals surface area contributed by atoms with E-state index in [9.17, 15) is 8.42 Å². The molecule has 0 spiro atoms. The van der Waals surface area contributed by atoms with Crippen LogP contribution in [0.2, 0.25) is 0 Å². The van der Waals surface area contributed by atoms with Crippen molar-refractivity contribution >= 4 is 26.0 Å². The van der Waals surface area contributed by atoms with Gasteiger partial charge in [0.05, 0.1) is 22.4 Å². The van der Waals surface area contributed by atoms with E-state index < -0.39 is 10.0 Å². The number of alkyl halides is 1. The molecule has 0 saturated carbocycles. The topological polar surface area (TPSA) is 46.6 Å². The number of aryl methyl sites for hydroxylation is 1. The molecule has 0 aliphatic carbocycles. The Bertz CT molecular complexity index is 824. The van der Waals surface area contributed by atoms with Crippen molar-refractivity contribution in [1.82, 2.24) is 4.31 Å². The van der Waals surface area contributed by atoms with Crippen LogP contribution in [-0.4, -0.2) is 36.7 Å². The summed E-state index contributed by atoms with van der Waals surface area (Å²) < 4.78 is 34.2. The molecule has 26 heavy (non-hydrogen) atoms. The standard InChI is InChI=1S/C20H24BrNO3S/c1-3-17-14-25-20(16-7-5-4-6-8-16)19(21)13-22(17)26(23,24)18-11-9-15(2)10-12-18/h4-12,17,19-20H,3,13-14H2,1-2H3/t17-,19-,20+/m1/s1. The van der Waals surface area contributed by atoms with Crippen LogP contribution in [-0.2, 0) is 14.8 Å². The largest absolute Gasteiger partial charge is 0.371 e. The predicted molar refractivity (Wildman–Crippen MR) is 107 cm³/mol. The highest BCUT2D eigenvalue weighted by Gasteiger charge is 2.38. The monoisotopic (exact) mass is 437 g/mol. The van der Waals surface area contributed by atoms with Crippen LogP contribution >= 0.6 is 15.9 Å². The van der Waals surface area contributed by atoms with E-state index in [1.54, 1.807) is 16.4 Å².